The standard InChI is InChI=1S/C27H21ClN2O5S2/c1-16-2-6-19(7-3-16)29-25(31)14-33-21-8-4-17(10-20(21)28)12-24-26(32)30(27(36)37-24)13-18-5-9-22-23(11-18)35-15-34-22/h2-12H,13-15H2,1H3,(H,29,31)/b24-12-. The van der Waals surface area contributed by atoms with Crippen molar-refractivity contribution in [2.45, 2.75) is 13.5 Å². The largest absolute Gasteiger partial charge is 0.482 e. The number of hydrogen-bond donors (Lipinski definition) is 1. The van der Waals surface area contributed by atoms with E-state index in [1.54, 1.807) is 29.2 Å². The third kappa shape index (κ3) is 5.90. The summed E-state index contributed by atoms with van der Waals surface area (Å²) in [7, 11) is 0. The van der Waals surface area contributed by atoms with Crippen LogP contribution in [0.15, 0.2) is 65.6 Å². The second kappa shape index (κ2) is 10.8. The molecule has 3 aromatic rings. The van der Waals surface area contributed by atoms with Gasteiger partial charge in [-0.25, -0.2) is 0 Å². The summed E-state index contributed by atoms with van der Waals surface area (Å²) in [5.41, 5.74) is 3.40. The van der Waals surface area contributed by atoms with E-state index in [0.717, 1.165) is 11.1 Å². The molecule has 0 spiro atoms. The van der Waals surface area contributed by atoms with E-state index in [0.29, 0.717) is 49.3 Å². The molecule has 2 heterocycles. The van der Waals surface area contributed by atoms with E-state index in [-0.39, 0.29) is 25.2 Å². The van der Waals surface area contributed by atoms with Crippen LogP contribution in [-0.2, 0) is 16.1 Å². The van der Waals surface area contributed by atoms with Gasteiger partial charge < -0.3 is 19.5 Å². The van der Waals surface area contributed by atoms with Crippen molar-refractivity contribution in [1.29, 1.82) is 0 Å². The lowest BCUT2D eigenvalue weighted by molar-refractivity contribution is -0.122. The monoisotopic (exact) mass is 552 g/mol. The lowest BCUT2D eigenvalue weighted by Gasteiger charge is -2.14. The molecule has 188 valence electrons. The highest BCUT2D eigenvalue weighted by molar-refractivity contribution is 8.26. The van der Waals surface area contributed by atoms with E-state index in [9.17, 15) is 9.59 Å². The van der Waals surface area contributed by atoms with Crippen LogP contribution in [0, 0.1) is 6.92 Å². The third-order valence-electron chi connectivity index (χ3n) is 5.60. The molecule has 2 amide bonds. The summed E-state index contributed by atoms with van der Waals surface area (Å²) < 4.78 is 16.8. The Labute approximate surface area is 228 Å². The molecule has 3 aromatic carbocycles. The molecule has 5 rings (SSSR count). The minimum Gasteiger partial charge on any atom is -0.482 e. The van der Waals surface area contributed by atoms with Gasteiger partial charge in [0.05, 0.1) is 16.5 Å². The molecule has 1 saturated heterocycles. The molecule has 0 aromatic heterocycles. The molecule has 2 aliphatic heterocycles. The summed E-state index contributed by atoms with van der Waals surface area (Å²) in [6, 6.07) is 18.2. The number of fused-ring (bicyclic) bond motifs is 1. The van der Waals surface area contributed by atoms with Crippen LogP contribution in [0.1, 0.15) is 16.7 Å². The van der Waals surface area contributed by atoms with Gasteiger partial charge in [0.15, 0.2) is 18.1 Å². The number of carbonyl (C=O) groups is 2. The SMILES string of the molecule is Cc1ccc(NC(=O)COc2ccc(/C=C3\SC(=S)N(Cc4ccc5c(c4)OCO5)C3=O)cc2Cl)cc1. The Balaban J connectivity index is 1.21. The minimum atomic E-state index is -0.296. The van der Waals surface area contributed by atoms with Gasteiger partial charge in [0.2, 0.25) is 6.79 Å². The van der Waals surface area contributed by atoms with E-state index in [4.69, 9.17) is 38.0 Å². The van der Waals surface area contributed by atoms with E-state index < -0.39 is 0 Å². The molecule has 0 aliphatic carbocycles. The van der Waals surface area contributed by atoms with E-state index >= 15 is 0 Å². The fraction of sp³-hybridized carbons (Fsp3) is 0.148. The fourth-order valence-electron chi connectivity index (χ4n) is 3.71. The van der Waals surface area contributed by atoms with Gasteiger partial charge in [-0.2, -0.15) is 0 Å². The first kappa shape index (κ1) is 25.1. The zero-order chi connectivity index (χ0) is 25.9. The molecule has 37 heavy (non-hydrogen) atoms. The van der Waals surface area contributed by atoms with E-state index in [1.807, 2.05) is 49.4 Å². The summed E-state index contributed by atoms with van der Waals surface area (Å²) in [4.78, 5) is 27.3. The van der Waals surface area contributed by atoms with Gasteiger partial charge in [0.25, 0.3) is 11.8 Å². The number of benzene rings is 3. The van der Waals surface area contributed by atoms with Crippen LogP contribution in [-0.4, -0.2) is 34.4 Å². The van der Waals surface area contributed by atoms with Crippen LogP contribution in [0.2, 0.25) is 5.02 Å². The Morgan fingerprint density at radius 2 is 1.92 bits per heavy atom. The maximum absolute atomic E-state index is 13.0. The second-order valence-electron chi connectivity index (χ2n) is 8.35. The number of thioether (sulfide) groups is 1. The van der Waals surface area contributed by atoms with Gasteiger partial charge in [-0.1, -0.05) is 65.4 Å². The second-order valence-corrected chi connectivity index (χ2v) is 10.4. The smallest absolute Gasteiger partial charge is 0.266 e. The summed E-state index contributed by atoms with van der Waals surface area (Å²) in [6.07, 6.45) is 1.73. The van der Waals surface area contributed by atoms with Crippen LogP contribution >= 0.6 is 35.6 Å². The summed E-state index contributed by atoms with van der Waals surface area (Å²) >= 11 is 13.1. The number of anilines is 1. The fourth-order valence-corrected chi connectivity index (χ4v) is 5.21. The topological polar surface area (TPSA) is 77.1 Å². The van der Waals surface area contributed by atoms with Gasteiger partial charge in [0, 0.05) is 5.69 Å². The van der Waals surface area contributed by atoms with Gasteiger partial charge in [0.1, 0.15) is 10.1 Å². The highest BCUT2D eigenvalue weighted by Crippen LogP contribution is 2.37. The van der Waals surface area contributed by atoms with Crippen molar-refractivity contribution in [1.82, 2.24) is 4.90 Å². The number of thiocarbonyl (C=S) groups is 1. The normalized spacial score (nSPS) is 15.4. The number of nitrogens with one attached hydrogen (secondary N) is 1. The summed E-state index contributed by atoms with van der Waals surface area (Å²) in [5.74, 6) is 1.23. The maximum Gasteiger partial charge on any atom is 0.266 e. The molecule has 1 fully saturated rings. The van der Waals surface area contributed by atoms with Gasteiger partial charge in [-0.15, -0.1) is 0 Å². The first-order valence-corrected chi connectivity index (χ1v) is 12.9. The van der Waals surface area contributed by atoms with Crippen molar-refractivity contribution in [3.8, 4) is 17.2 Å². The Kier molecular flexibility index (Phi) is 7.36. The Morgan fingerprint density at radius 1 is 1.14 bits per heavy atom. The first-order chi connectivity index (χ1) is 17.9. The number of amides is 2. The predicted octanol–water partition coefficient (Wildman–Crippen LogP) is 5.80. The number of hydrogen-bond acceptors (Lipinski definition) is 7. The Hall–Kier alpha value is -3.53. The molecule has 0 bridgehead atoms. The first-order valence-electron chi connectivity index (χ1n) is 11.3. The van der Waals surface area contributed by atoms with Crippen molar-refractivity contribution >= 4 is 63.5 Å². The van der Waals surface area contributed by atoms with Crippen molar-refractivity contribution < 1.29 is 23.8 Å². The zero-order valence-electron chi connectivity index (χ0n) is 19.7. The molecule has 0 saturated carbocycles. The molecule has 0 radical (unpaired) electrons. The lowest BCUT2D eigenvalue weighted by atomic mass is 10.1. The highest BCUT2D eigenvalue weighted by Gasteiger charge is 2.32. The average molecular weight is 553 g/mol. The van der Waals surface area contributed by atoms with Gasteiger partial charge >= 0.3 is 0 Å². The van der Waals surface area contributed by atoms with Crippen LogP contribution in [0.5, 0.6) is 17.2 Å². The number of ether oxygens (including phenoxy) is 3. The van der Waals surface area contributed by atoms with Crippen LogP contribution in [0.4, 0.5) is 5.69 Å². The summed E-state index contributed by atoms with van der Waals surface area (Å²) in [5, 5.41) is 3.10. The number of carbonyl (C=O) groups excluding carboxylic acids is 2. The van der Waals surface area contributed by atoms with E-state index in [2.05, 4.69) is 5.32 Å². The van der Waals surface area contributed by atoms with Crippen molar-refractivity contribution in [2.24, 2.45) is 0 Å². The molecule has 10 heteroatoms. The maximum atomic E-state index is 13.0. The van der Waals surface area contributed by atoms with E-state index in [1.165, 1.54) is 11.8 Å². The third-order valence-corrected chi connectivity index (χ3v) is 7.27. The van der Waals surface area contributed by atoms with Crippen molar-refractivity contribution in [2.75, 3.05) is 18.7 Å². The molecular formula is C27H21ClN2O5S2. The summed E-state index contributed by atoms with van der Waals surface area (Å²) in [6.45, 7) is 2.31. The number of nitrogens with zero attached hydrogens (tertiary/aromatic N) is 1. The number of rotatable bonds is 7. The average Bonchev–Trinajstić information content (AvgIpc) is 3.44. The van der Waals surface area contributed by atoms with Crippen molar-refractivity contribution in [3.63, 3.8) is 0 Å². The predicted molar refractivity (Wildman–Crippen MR) is 148 cm³/mol. The minimum absolute atomic E-state index is 0.183. The number of halogens is 1. The highest BCUT2D eigenvalue weighted by atomic mass is 35.5. The van der Waals surface area contributed by atoms with Crippen LogP contribution in [0.3, 0.4) is 0 Å². The number of aryl methyl sites for hydroxylation is 1. The van der Waals surface area contributed by atoms with Gasteiger partial charge in [-0.3, -0.25) is 14.5 Å². The molecule has 1 N–H and O–H groups in total. The lowest BCUT2D eigenvalue weighted by Crippen LogP contribution is -2.27. The molecule has 0 atom stereocenters. The molecule has 2 aliphatic rings. The zero-order valence-corrected chi connectivity index (χ0v) is 22.0. The Bertz CT molecular complexity index is 1420. The quantitative estimate of drug-likeness (QED) is 0.293. The molecular weight excluding hydrogens is 532 g/mol. The molecule has 7 nitrogen and oxygen atoms in total. The van der Waals surface area contributed by atoms with Gasteiger partial charge in [-0.05, 0) is 60.5 Å². The van der Waals surface area contributed by atoms with Crippen molar-refractivity contribution in [3.05, 3.63) is 87.3 Å². The Morgan fingerprint density at radius 3 is 2.70 bits per heavy atom. The molecule has 0 unspecified atom stereocenters. The van der Waals surface area contributed by atoms with Crippen LogP contribution < -0.4 is 19.5 Å². The van der Waals surface area contributed by atoms with Crippen LogP contribution in [0.25, 0.3) is 6.08 Å².